The summed E-state index contributed by atoms with van der Waals surface area (Å²) in [5.74, 6) is 0.657. The van der Waals surface area contributed by atoms with Crippen LogP contribution in [0.3, 0.4) is 0 Å². The van der Waals surface area contributed by atoms with E-state index in [0.717, 1.165) is 11.0 Å². The third kappa shape index (κ3) is 0.942. The second-order valence-electron chi connectivity index (χ2n) is 2.69. The first-order valence-electron chi connectivity index (χ1n) is 3.77. The lowest BCUT2D eigenvalue weighted by atomic mass is 10.3. The summed E-state index contributed by atoms with van der Waals surface area (Å²) < 4.78 is 6.99. The Morgan fingerprint density at radius 3 is 2.92 bits per heavy atom. The van der Waals surface area contributed by atoms with Crippen LogP contribution < -0.4 is 4.74 Å². The highest BCUT2D eigenvalue weighted by molar-refractivity contribution is 5.76. The van der Waals surface area contributed by atoms with Gasteiger partial charge in [-0.05, 0) is 12.1 Å². The highest BCUT2D eigenvalue weighted by Gasteiger charge is 1.99. The number of pyridine rings is 1. The monoisotopic (exact) mass is 162 g/mol. The number of rotatable bonds is 1. The average molecular weight is 162 g/mol. The van der Waals surface area contributed by atoms with Crippen molar-refractivity contribution in [2.24, 2.45) is 7.05 Å². The standard InChI is InChI=1S/C9H10N2O/c1-11-6-5-7-3-4-8(12-2)10-9(7)11/h3-6H,1-2H3. The molecule has 0 aliphatic rings. The van der Waals surface area contributed by atoms with Gasteiger partial charge in [0.15, 0.2) is 0 Å². The van der Waals surface area contributed by atoms with Crippen molar-refractivity contribution in [2.45, 2.75) is 0 Å². The van der Waals surface area contributed by atoms with E-state index in [1.807, 2.05) is 36.0 Å². The summed E-state index contributed by atoms with van der Waals surface area (Å²) in [6.07, 6.45) is 1.98. The molecule has 3 heteroatoms. The van der Waals surface area contributed by atoms with Gasteiger partial charge in [0.05, 0.1) is 7.11 Å². The molecule has 0 N–H and O–H groups in total. The summed E-state index contributed by atoms with van der Waals surface area (Å²) in [6, 6.07) is 5.89. The quantitative estimate of drug-likeness (QED) is 0.636. The molecule has 0 amide bonds. The summed E-state index contributed by atoms with van der Waals surface area (Å²) in [4.78, 5) is 4.29. The second kappa shape index (κ2) is 2.52. The van der Waals surface area contributed by atoms with E-state index in [1.54, 1.807) is 7.11 Å². The molecule has 0 fully saturated rings. The van der Waals surface area contributed by atoms with Gasteiger partial charge in [0.25, 0.3) is 0 Å². The van der Waals surface area contributed by atoms with E-state index >= 15 is 0 Å². The van der Waals surface area contributed by atoms with E-state index in [2.05, 4.69) is 4.98 Å². The SMILES string of the molecule is COc1ccc2ccn(C)c2n1. The molecule has 0 aliphatic heterocycles. The van der Waals surface area contributed by atoms with Crippen LogP contribution in [-0.2, 0) is 7.05 Å². The molecule has 0 radical (unpaired) electrons. The zero-order valence-corrected chi connectivity index (χ0v) is 7.11. The van der Waals surface area contributed by atoms with Crippen LogP contribution in [0.15, 0.2) is 24.4 Å². The van der Waals surface area contributed by atoms with Crippen molar-refractivity contribution < 1.29 is 4.74 Å². The van der Waals surface area contributed by atoms with E-state index < -0.39 is 0 Å². The number of hydrogen-bond acceptors (Lipinski definition) is 2. The number of fused-ring (bicyclic) bond motifs is 1. The first-order valence-corrected chi connectivity index (χ1v) is 3.77. The predicted octanol–water partition coefficient (Wildman–Crippen LogP) is 1.58. The number of ether oxygens (including phenoxy) is 1. The Bertz CT molecular complexity index is 406. The fraction of sp³-hybridized carbons (Fsp3) is 0.222. The van der Waals surface area contributed by atoms with Gasteiger partial charge >= 0.3 is 0 Å². The minimum Gasteiger partial charge on any atom is -0.481 e. The van der Waals surface area contributed by atoms with Crippen molar-refractivity contribution in [3.63, 3.8) is 0 Å². The molecule has 0 unspecified atom stereocenters. The largest absolute Gasteiger partial charge is 0.481 e. The van der Waals surface area contributed by atoms with Gasteiger partial charge < -0.3 is 9.30 Å². The van der Waals surface area contributed by atoms with Crippen LogP contribution in [0.4, 0.5) is 0 Å². The van der Waals surface area contributed by atoms with Crippen molar-refractivity contribution >= 4 is 11.0 Å². The number of methoxy groups -OCH3 is 1. The van der Waals surface area contributed by atoms with Crippen LogP contribution in [0.5, 0.6) is 5.88 Å². The van der Waals surface area contributed by atoms with E-state index in [0.29, 0.717) is 5.88 Å². The van der Waals surface area contributed by atoms with E-state index in [9.17, 15) is 0 Å². The number of aromatic nitrogens is 2. The van der Waals surface area contributed by atoms with Gasteiger partial charge in [0.1, 0.15) is 5.65 Å². The zero-order chi connectivity index (χ0) is 8.55. The maximum Gasteiger partial charge on any atom is 0.214 e. The van der Waals surface area contributed by atoms with Gasteiger partial charge in [-0.15, -0.1) is 0 Å². The maximum absolute atomic E-state index is 5.02. The van der Waals surface area contributed by atoms with Gasteiger partial charge in [-0.3, -0.25) is 0 Å². The van der Waals surface area contributed by atoms with E-state index in [-0.39, 0.29) is 0 Å². The normalized spacial score (nSPS) is 10.5. The Hall–Kier alpha value is -1.51. The zero-order valence-electron chi connectivity index (χ0n) is 7.11. The van der Waals surface area contributed by atoms with E-state index in [4.69, 9.17) is 4.74 Å². The molecule has 0 aromatic carbocycles. The Morgan fingerprint density at radius 2 is 2.17 bits per heavy atom. The van der Waals surface area contributed by atoms with Gasteiger partial charge in [-0.2, -0.15) is 4.98 Å². The molecular weight excluding hydrogens is 152 g/mol. The topological polar surface area (TPSA) is 27.1 Å². The van der Waals surface area contributed by atoms with Crippen LogP contribution in [-0.4, -0.2) is 16.7 Å². The Labute approximate surface area is 70.6 Å². The highest BCUT2D eigenvalue weighted by Crippen LogP contribution is 2.16. The smallest absolute Gasteiger partial charge is 0.214 e. The van der Waals surface area contributed by atoms with Crippen molar-refractivity contribution in [1.82, 2.24) is 9.55 Å². The third-order valence-electron chi connectivity index (χ3n) is 1.90. The van der Waals surface area contributed by atoms with Crippen LogP contribution in [0, 0.1) is 0 Å². The van der Waals surface area contributed by atoms with Crippen LogP contribution >= 0.6 is 0 Å². The highest BCUT2D eigenvalue weighted by atomic mass is 16.5. The summed E-state index contributed by atoms with van der Waals surface area (Å²) in [5.41, 5.74) is 0.953. The molecule has 0 atom stereocenters. The lowest BCUT2D eigenvalue weighted by molar-refractivity contribution is 0.399. The molecule has 0 aliphatic carbocycles. The van der Waals surface area contributed by atoms with Gasteiger partial charge in [0, 0.05) is 24.7 Å². The van der Waals surface area contributed by atoms with Gasteiger partial charge in [-0.1, -0.05) is 0 Å². The van der Waals surface area contributed by atoms with E-state index in [1.165, 1.54) is 0 Å². The predicted molar refractivity (Wildman–Crippen MR) is 47.3 cm³/mol. The molecule has 62 valence electrons. The molecule has 12 heavy (non-hydrogen) atoms. The Balaban J connectivity index is 2.71. The maximum atomic E-state index is 5.02. The fourth-order valence-electron chi connectivity index (χ4n) is 1.23. The summed E-state index contributed by atoms with van der Waals surface area (Å²) in [5, 5.41) is 1.14. The van der Waals surface area contributed by atoms with Crippen molar-refractivity contribution in [2.75, 3.05) is 7.11 Å². The third-order valence-corrected chi connectivity index (χ3v) is 1.90. The van der Waals surface area contributed by atoms with Crippen LogP contribution in [0.2, 0.25) is 0 Å². The van der Waals surface area contributed by atoms with Crippen LogP contribution in [0.1, 0.15) is 0 Å². The number of aryl methyl sites for hydroxylation is 1. The lowest BCUT2D eigenvalue weighted by Gasteiger charge is -1.99. The molecule has 2 aromatic heterocycles. The molecule has 2 aromatic rings. The summed E-state index contributed by atoms with van der Waals surface area (Å²) >= 11 is 0. The number of nitrogens with zero attached hydrogens (tertiary/aromatic N) is 2. The summed E-state index contributed by atoms with van der Waals surface area (Å²) in [6.45, 7) is 0. The molecule has 2 heterocycles. The van der Waals surface area contributed by atoms with Crippen molar-refractivity contribution in [3.05, 3.63) is 24.4 Å². The molecule has 0 saturated heterocycles. The van der Waals surface area contributed by atoms with Crippen molar-refractivity contribution in [1.29, 1.82) is 0 Å². The lowest BCUT2D eigenvalue weighted by Crippen LogP contribution is -1.91. The first kappa shape index (κ1) is 7.16. The fourth-order valence-corrected chi connectivity index (χ4v) is 1.23. The van der Waals surface area contributed by atoms with Gasteiger partial charge in [-0.25, -0.2) is 0 Å². The minimum absolute atomic E-state index is 0.657. The van der Waals surface area contributed by atoms with Crippen LogP contribution in [0.25, 0.3) is 11.0 Å². The second-order valence-corrected chi connectivity index (χ2v) is 2.69. The minimum atomic E-state index is 0.657. The van der Waals surface area contributed by atoms with Crippen molar-refractivity contribution in [3.8, 4) is 5.88 Å². The molecular formula is C9H10N2O. The average Bonchev–Trinajstić information content (AvgIpc) is 2.47. The first-order chi connectivity index (χ1) is 5.81. The Kier molecular flexibility index (Phi) is 1.50. The Morgan fingerprint density at radius 1 is 1.33 bits per heavy atom. The molecule has 2 rings (SSSR count). The molecule has 3 nitrogen and oxygen atoms in total. The molecule has 0 spiro atoms. The number of hydrogen-bond donors (Lipinski definition) is 0. The molecule has 0 saturated carbocycles. The summed E-state index contributed by atoms with van der Waals surface area (Å²) in [7, 11) is 3.59. The molecule has 0 bridgehead atoms. The van der Waals surface area contributed by atoms with Gasteiger partial charge in [0.2, 0.25) is 5.88 Å².